The Hall–Kier alpha value is -1.65. The average Bonchev–Trinajstić information content (AvgIpc) is 2.78. The molecular weight excluding hydrogens is 464 g/mol. The quantitative estimate of drug-likeness (QED) is 0.404. The van der Waals surface area contributed by atoms with Crippen LogP contribution in [0.5, 0.6) is 0 Å². The predicted molar refractivity (Wildman–Crippen MR) is 143 cm³/mol. The summed E-state index contributed by atoms with van der Waals surface area (Å²) in [5, 5.41) is 10.1. The fourth-order valence-corrected chi connectivity index (χ4v) is 10.8. The van der Waals surface area contributed by atoms with Gasteiger partial charge >= 0.3 is 11.9 Å². The van der Waals surface area contributed by atoms with E-state index in [-0.39, 0.29) is 56.8 Å². The monoisotopic (exact) mass is 512 g/mol. The van der Waals surface area contributed by atoms with Crippen LogP contribution in [-0.4, -0.2) is 28.9 Å². The molecule has 4 saturated carbocycles. The molecule has 0 spiro atoms. The zero-order valence-corrected chi connectivity index (χ0v) is 24.3. The lowest BCUT2D eigenvalue weighted by Crippen LogP contribution is -2.66. The van der Waals surface area contributed by atoms with E-state index in [9.17, 15) is 19.5 Å². The summed E-state index contributed by atoms with van der Waals surface area (Å²) < 4.78 is 5.82. The van der Waals surface area contributed by atoms with E-state index in [0.29, 0.717) is 18.8 Å². The van der Waals surface area contributed by atoms with Crippen molar-refractivity contribution in [1.29, 1.82) is 0 Å². The number of carboxylic acids is 1. The molecule has 5 aliphatic carbocycles. The van der Waals surface area contributed by atoms with Crippen molar-refractivity contribution in [3.8, 4) is 0 Å². The molecule has 0 aromatic rings. The maximum absolute atomic E-state index is 14.4. The summed E-state index contributed by atoms with van der Waals surface area (Å²) in [6.45, 7) is 17.4. The van der Waals surface area contributed by atoms with Crippen molar-refractivity contribution in [3.05, 3.63) is 11.6 Å². The van der Waals surface area contributed by atoms with Crippen molar-refractivity contribution < 1.29 is 24.2 Å². The van der Waals surface area contributed by atoms with Crippen LogP contribution in [0.2, 0.25) is 0 Å². The van der Waals surface area contributed by atoms with Gasteiger partial charge in [-0.1, -0.05) is 47.1 Å². The van der Waals surface area contributed by atoms with Gasteiger partial charge in [0.25, 0.3) is 0 Å². The van der Waals surface area contributed by atoms with Crippen LogP contribution in [0.4, 0.5) is 0 Å². The number of ether oxygens (including phenoxy) is 1. The highest BCUT2D eigenvalue weighted by Gasteiger charge is 2.70. The fraction of sp³-hybridized carbons (Fsp3) is 0.844. The molecule has 0 aliphatic heterocycles. The van der Waals surface area contributed by atoms with E-state index in [0.717, 1.165) is 44.9 Å². The largest absolute Gasteiger partial charge is 0.481 e. The molecule has 0 radical (unpaired) electrons. The minimum Gasteiger partial charge on any atom is -0.481 e. The third-order valence-electron chi connectivity index (χ3n) is 13.3. The van der Waals surface area contributed by atoms with Gasteiger partial charge in [-0.25, -0.2) is 0 Å². The number of esters is 1. The van der Waals surface area contributed by atoms with Crippen molar-refractivity contribution >= 4 is 17.7 Å². The summed E-state index contributed by atoms with van der Waals surface area (Å²) in [6, 6.07) is 0. The van der Waals surface area contributed by atoms with Crippen LogP contribution in [0.3, 0.4) is 0 Å². The number of fused-ring (bicyclic) bond motifs is 7. The van der Waals surface area contributed by atoms with Gasteiger partial charge in [-0.2, -0.15) is 0 Å². The molecule has 0 aromatic carbocycles. The first kappa shape index (κ1) is 26.9. The lowest BCUT2D eigenvalue weighted by Gasteiger charge is -2.70. The number of carboxylic acid groups (broad SMARTS) is 1. The smallest absolute Gasteiger partial charge is 0.309 e. The van der Waals surface area contributed by atoms with Gasteiger partial charge in [0.15, 0.2) is 5.78 Å². The average molecular weight is 513 g/mol. The Morgan fingerprint density at radius 3 is 2.19 bits per heavy atom. The van der Waals surface area contributed by atoms with Crippen molar-refractivity contribution in [2.45, 2.75) is 119 Å². The summed E-state index contributed by atoms with van der Waals surface area (Å²) in [5.41, 5.74) is -0.0327. The molecule has 0 aromatic heterocycles. The zero-order chi connectivity index (χ0) is 27.4. The molecule has 0 saturated heterocycles. The van der Waals surface area contributed by atoms with Gasteiger partial charge in [-0.05, 0) is 104 Å². The summed E-state index contributed by atoms with van der Waals surface area (Å²) in [4.78, 5) is 38.5. The molecule has 5 unspecified atom stereocenters. The number of aliphatic carboxylic acids is 1. The summed E-state index contributed by atoms with van der Waals surface area (Å²) in [6.07, 6.45) is 10.0. The number of carbonyl (C=O) groups is 3. The molecule has 5 aliphatic rings. The van der Waals surface area contributed by atoms with Crippen LogP contribution in [0, 0.1) is 50.2 Å². The molecule has 37 heavy (non-hydrogen) atoms. The number of allylic oxidation sites excluding steroid dienone is 2. The van der Waals surface area contributed by atoms with E-state index in [1.54, 1.807) is 0 Å². The van der Waals surface area contributed by atoms with Crippen LogP contribution in [-0.2, 0) is 19.1 Å². The van der Waals surface area contributed by atoms with E-state index < -0.39 is 11.4 Å². The molecule has 206 valence electrons. The second kappa shape index (κ2) is 7.94. The van der Waals surface area contributed by atoms with Gasteiger partial charge in [-0.15, -0.1) is 0 Å². The van der Waals surface area contributed by atoms with Crippen LogP contribution in [0.1, 0.15) is 113 Å². The number of hydrogen-bond acceptors (Lipinski definition) is 4. The standard InChI is InChI=1S/C32H48O5/c1-19(33)37-24-10-11-30(6)23(27(24,2)3)9-12-32(8)25(30)22(34)17-20-21-18-29(5,26(35)36)14-13-28(21,4)15-16-31(20,32)7/h17,21,23-25H,9-16,18H2,1-8H3,(H,35,36)/t21?,23-,24?,25+,28?,29-,30?,31+,32?/m0/s1. The van der Waals surface area contributed by atoms with Crippen LogP contribution >= 0.6 is 0 Å². The molecule has 5 rings (SSSR count). The van der Waals surface area contributed by atoms with Crippen molar-refractivity contribution in [1.82, 2.24) is 0 Å². The van der Waals surface area contributed by atoms with Gasteiger partial charge < -0.3 is 9.84 Å². The lowest BCUT2D eigenvalue weighted by atomic mass is 9.33. The molecule has 9 atom stereocenters. The first-order valence-electron chi connectivity index (χ1n) is 14.6. The highest BCUT2D eigenvalue weighted by Crippen LogP contribution is 2.75. The number of hydrogen-bond donors (Lipinski definition) is 1. The Kier molecular flexibility index (Phi) is 5.78. The third-order valence-corrected chi connectivity index (χ3v) is 13.3. The predicted octanol–water partition coefficient (Wildman–Crippen LogP) is 6.98. The highest BCUT2D eigenvalue weighted by molar-refractivity contribution is 5.95. The molecule has 5 heteroatoms. The Labute approximate surface area is 223 Å². The maximum Gasteiger partial charge on any atom is 0.309 e. The fourth-order valence-electron chi connectivity index (χ4n) is 10.8. The van der Waals surface area contributed by atoms with Crippen LogP contribution < -0.4 is 0 Å². The number of ketones is 1. The Bertz CT molecular complexity index is 1070. The van der Waals surface area contributed by atoms with E-state index in [1.807, 2.05) is 13.0 Å². The minimum atomic E-state index is -0.729. The van der Waals surface area contributed by atoms with Crippen molar-refractivity contribution in [2.75, 3.05) is 0 Å². The summed E-state index contributed by atoms with van der Waals surface area (Å²) in [7, 11) is 0. The van der Waals surface area contributed by atoms with E-state index in [4.69, 9.17) is 4.74 Å². The second-order valence-electron chi connectivity index (χ2n) is 15.5. The molecule has 4 fully saturated rings. The van der Waals surface area contributed by atoms with Crippen LogP contribution in [0.15, 0.2) is 11.6 Å². The normalized spacial score (nSPS) is 50.5. The maximum atomic E-state index is 14.4. The van der Waals surface area contributed by atoms with Crippen molar-refractivity contribution in [2.24, 2.45) is 50.2 Å². The van der Waals surface area contributed by atoms with E-state index in [1.165, 1.54) is 12.5 Å². The molecule has 5 nitrogen and oxygen atoms in total. The summed E-state index contributed by atoms with van der Waals surface area (Å²) >= 11 is 0. The van der Waals surface area contributed by atoms with Crippen molar-refractivity contribution in [3.63, 3.8) is 0 Å². The molecule has 0 heterocycles. The molecule has 0 amide bonds. The van der Waals surface area contributed by atoms with E-state index >= 15 is 0 Å². The second-order valence-corrected chi connectivity index (χ2v) is 15.5. The van der Waals surface area contributed by atoms with Gasteiger partial charge in [0.1, 0.15) is 6.10 Å². The highest BCUT2D eigenvalue weighted by atomic mass is 16.5. The van der Waals surface area contributed by atoms with E-state index in [2.05, 4.69) is 41.5 Å². The lowest BCUT2D eigenvalue weighted by molar-refractivity contribution is -0.210. The van der Waals surface area contributed by atoms with Gasteiger partial charge in [0, 0.05) is 18.3 Å². The summed E-state index contributed by atoms with van der Waals surface area (Å²) in [5.74, 6) is -0.280. The SMILES string of the molecule is CC(=O)OC1CCC2(C)[C@H]3C(=O)C=C4C5C[C@@](C)(C(=O)O)CCC5(C)CC[C@@]4(C)C3(C)CC[C@H]2C1(C)C. The molecular formula is C32H48O5. The number of rotatable bonds is 2. The minimum absolute atomic E-state index is 0.0644. The third kappa shape index (κ3) is 3.43. The first-order valence-corrected chi connectivity index (χ1v) is 14.6. The topological polar surface area (TPSA) is 80.7 Å². The first-order chi connectivity index (χ1) is 16.9. The molecule has 1 N–H and O–H groups in total. The molecule has 0 bridgehead atoms. The van der Waals surface area contributed by atoms with Gasteiger partial charge in [0.2, 0.25) is 0 Å². The van der Waals surface area contributed by atoms with Crippen LogP contribution in [0.25, 0.3) is 0 Å². The zero-order valence-electron chi connectivity index (χ0n) is 24.3. The Morgan fingerprint density at radius 2 is 1.57 bits per heavy atom. The van der Waals surface area contributed by atoms with Gasteiger partial charge in [0.05, 0.1) is 5.41 Å². The Balaban J connectivity index is 1.58. The number of carbonyl (C=O) groups excluding carboxylic acids is 2. The Morgan fingerprint density at radius 1 is 0.919 bits per heavy atom. The van der Waals surface area contributed by atoms with Gasteiger partial charge in [-0.3, -0.25) is 14.4 Å².